The molecule has 2 rings (SSSR count). The fourth-order valence-corrected chi connectivity index (χ4v) is 3.51. The standard InChI is InChI=1S/C21H32N2O2/c1-4-5-15-22-20(25)21(13-7-6-8-14-21)17-9-11-18(12-10-17)23-19(24)16(2)3/h9-12,16H,4-8,13-15H2,1-3H3,(H,22,25)(H,23,24). The maximum absolute atomic E-state index is 13.0. The zero-order chi connectivity index (χ0) is 18.3. The highest BCUT2D eigenvalue weighted by molar-refractivity contribution is 5.92. The Labute approximate surface area is 151 Å². The van der Waals surface area contributed by atoms with Gasteiger partial charge in [-0.2, -0.15) is 0 Å². The monoisotopic (exact) mass is 344 g/mol. The Kier molecular flexibility index (Phi) is 7.03. The van der Waals surface area contributed by atoms with Gasteiger partial charge in [0.1, 0.15) is 0 Å². The van der Waals surface area contributed by atoms with Crippen LogP contribution in [0.5, 0.6) is 0 Å². The van der Waals surface area contributed by atoms with E-state index >= 15 is 0 Å². The lowest BCUT2D eigenvalue weighted by Crippen LogP contribution is -2.46. The zero-order valence-electron chi connectivity index (χ0n) is 15.9. The molecule has 2 amide bonds. The summed E-state index contributed by atoms with van der Waals surface area (Å²) in [6.07, 6.45) is 7.29. The molecule has 0 aliphatic heterocycles. The molecule has 1 fully saturated rings. The van der Waals surface area contributed by atoms with Crippen LogP contribution in [-0.2, 0) is 15.0 Å². The van der Waals surface area contributed by atoms with Crippen LogP contribution in [-0.4, -0.2) is 18.4 Å². The van der Waals surface area contributed by atoms with Gasteiger partial charge in [-0.05, 0) is 37.0 Å². The van der Waals surface area contributed by atoms with E-state index in [-0.39, 0.29) is 17.7 Å². The van der Waals surface area contributed by atoms with Gasteiger partial charge in [0.25, 0.3) is 0 Å². The van der Waals surface area contributed by atoms with Crippen LogP contribution in [0.15, 0.2) is 24.3 Å². The number of carbonyl (C=O) groups excluding carboxylic acids is 2. The van der Waals surface area contributed by atoms with Crippen LogP contribution >= 0.6 is 0 Å². The Balaban J connectivity index is 2.17. The SMILES string of the molecule is CCCCNC(=O)C1(c2ccc(NC(=O)C(C)C)cc2)CCCCC1. The first-order chi connectivity index (χ1) is 12.0. The van der Waals surface area contributed by atoms with E-state index in [1.807, 2.05) is 38.1 Å². The normalized spacial score (nSPS) is 16.5. The van der Waals surface area contributed by atoms with Crippen LogP contribution in [0.3, 0.4) is 0 Å². The van der Waals surface area contributed by atoms with Gasteiger partial charge in [0.2, 0.25) is 11.8 Å². The Morgan fingerprint density at radius 1 is 1.08 bits per heavy atom. The first kappa shape index (κ1) is 19.5. The first-order valence-electron chi connectivity index (χ1n) is 9.69. The number of hydrogen-bond donors (Lipinski definition) is 2. The molecule has 0 saturated heterocycles. The van der Waals surface area contributed by atoms with Crippen molar-refractivity contribution in [1.82, 2.24) is 5.32 Å². The highest BCUT2D eigenvalue weighted by atomic mass is 16.2. The molecular weight excluding hydrogens is 312 g/mol. The minimum atomic E-state index is -0.410. The van der Waals surface area contributed by atoms with Crippen molar-refractivity contribution in [3.8, 4) is 0 Å². The Morgan fingerprint density at radius 2 is 1.72 bits per heavy atom. The van der Waals surface area contributed by atoms with E-state index in [4.69, 9.17) is 0 Å². The maximum Gasteiger partial charge on any atom is 0.230 e. The van der Waals surface area contributed by atoms with Gasteiger partial charge in [0, 0.05) is 18.2 Å². The predicted octanol–water partition coefficient (Wildman–Crippen LogP) is 4.40. The molecule has 4 nitrogen and oxygen atoms in total. The van der Waals surface area contributed by atoms with Crippen LogP contribution < -0.4 is 10.6 Å². The summed E-state index contributed by atoms with van der Waals surface area (Å²) in [5.41, 5.74) is 1.45. The van der Waals surface area contributed by atoms with Crippen molar-refractivity contribution in [2.75, 3.05) is 11.9 Å². The fraction of sp³-hybridized carbons (Fsp3) is 0.619. The van der Waals surface area contributed by atoms with Crippen LogP contribution in [0.1, 0.15) is 71.3 Å². The smallest absolute Gasteiger partial charge is 0.230 e. The molecular formula is C21H32N2O2. The molecule has 0 bridgehead atoms. The van der Waals surface area contributed by atoms with Crippen LogP contribution in [0, 0.1) is 5.92 Å². The van der Waals surface area contributed by atoms with Crippen molar-refractivity contribution in [2.45, 2.75) is 71.1 Å². The van der Waals surface area contributed by atoms with Gasteiger partial charge in [-0.3, -0.25) is 9.59 Å². The van der Waals surface area contributed by atoms with Crippen molar-refractivity contribution in [2.24, 2.45) is 5.92 Å². The van der Waals surface area contributed by atoms with Crippen molar-refractivity contribution in [1.29, 1.82) is 0 Å². The number of amides is 2. The first-order valence-corrected chi connectivity index (χ1v) is 9.69. The van der Waals surface area contributed by atoms with E-state index in [1.54, 1.807) is 0 Å². The molecule has 1 saturated carbocycles. The van der Waals surface area contributed by atoms with Gasteiger partial charge < -0.3 is 10.6 Å². The summed E-state index contributed by atoms with van der Waals surface area (Å²) in [7, 11) is 0. The van der Waals surface area contributed by atoms with E-state index in [0.29, 0.717) is 0 Å². The Bertz CT molecular complexity index is 572. The van der Waals surface area contributed by atoms with Crippen molar-refractivity contribution in [3.63, 3.8) is 0 Å². The molecule has 1 aromatic carbocycles. The average Bonchev–Trinajstić information content (AvgIpc) is 2.63. The number of carbonyl (C=O) groups is 2. The summed E-state index contributed by atoms with van der Waals surface area (Å²) in [5, 5.41) is 6.06. The Morgan fingerprint density at radius 3 is 2.28 bits per heavy atom. The lowest BCUT2D eigenvalue weighted by atomic mass is 9.68. The molecule has 25 heavy (non-hydrogen) atoms. The van der Waals surface area contributed by atoms with Crippen LogP contribution in [0.2, 0.25) is 0 Å². The van der Waals surface area contributed by atoms with E-state index in [0.717, 1.165) is 56.3 Å². The minimum absolute atomic E-state index is 0.0115. The van der Waals surface area contributed by atoms with Gasteiger partial charge in [-0.1, -0.05) is 58.6 Å². The van der Waals surface area contributed by atoms with Crippen molar-refractivity contribution >= 4 is 17.5 Å². The quantitative estimate of drug-likeness (QED) is 0.720. The number of benzene rings is 1. The molecule has 0 radical (unpaired) electrons. The van der Waals surface area contributed by atoms with E-state index in [1.165, 1.54) is 6.42 Å². The van der Waals surface area contributed by atoms with E-state index in [9.17, 15) is 9.59 Å². The molecule has 0 aromatic heterocycles. The lowest BCUT2D eigenvalue weighted by Gasteiger charge is -2.36. The van der Waals surface area contributed by atoms with Crippen LogP contribution in [0.25, 0.3) is 0 Å². The highest BCUT2D eigenvalue weighted by Crippen LogP contribution is 2.40. The number of nitrogens with one attached hydrogen (secondary N) is 2. The second kappa shape index (κ2) is 9.02. The minimum Gasteiger partial charge on any atom is -0.355 e. The van der Waals surface area contributed by atoms with E-state index in [2.05, 4.69) is 17.6 Å². The molecule has 138 valence electrons. The van der Waals surface area contributed by atoms with Gasteiger partial charge in [0.15, 0.2) is 0 Å². The molecule has 2 N–H and O–H groups in total. The number of hydrogen-bond acceptors (Lipinski definition) is 2. The van der Waals surface area contributed by atoms with Gasteiger partial charge in [0.05, 0.1) is 5.41 Å². The molecule has 0 atom stereocenters. The third kappa shape index (κ3) is 4.83. The number of rotatable bonds is 7. The molecule has 1 aromatic rings. The van der Waals surface area contributed by atoms with Crippen molar-refractivity contribution < 1.29 is 9.59 Å². The summed E-state index contributed by atoms with van der Waals surface area (Å²) >= 11 is 0. The van der Waals surface area contributed by atoms with Crippen LogP contribution in [0.4, 0.5) is 5.69 Å². The topological polar surface area (TPSA) is 58.2 Å². The predicted molar refractivity (Wildman–Crippen MR) is 103 cm³/mol. The maximum atomic E-state index is 13.0. The third-order valence-corrected chi connectivity index (χ3v) is 5.19. The van der Waals surface area contributed by atoms with Gasteiger partial charge >= 0.3 is 0 Å². The van der Waals surface area contributed by atoms with Gasteiger partial charge in [-0.15, -0.1) is 0 Å². The molecule has 0 unspecified atom stereocenters. The second-order valence-electron chi connectivity index (χ2n) is 7.47. The highest BCUT2D eigenvalue weighted by Gasteiger charge is 2.40. The third-order valence-electron chi connectivity index (χ3n) is 5.19. The number of unbranched alkanes of at least 4 members (excludes halogenated alkanes) is 1. The van der Waals surface area contributed by atoms with Gasteiger partial charge in [-0.25, -0.2) is 0 Å². The Hall–Kier alpha value is -1.84. The number of anilines is 1. The largest absolute Gasteiger partial charge is 0.355 e. The molecule has 0 heterocycles. The molecule has 4 heteroatoms. The zero-order valence-corrected chi connectivity index (χ0v) is 15.9. The summed E-state index contributed by atoms with van der Waals surface area (Å²) in [4.78, 5) is 24.8. The summed E-state index contributed by atoms with van der Waals surface area (Å²) < 4.78 is 0. The summed E-state index contributed by atoms with van der Waals surface area (Å²) in [6, 6.07) is 7.87. The second-order valence-corrected chi connectivity index (χ2v) is 7.47. The average molecular weight is 344 g/mol. The molecule has 0 spiro atoms. The molecule has 1 aliphatic rings. The summed E-state index contributed by atoms with van der Waals surface area (Å²) in [5.74, 6) is 0.130. The van der Waals surface area contributed by atoms with E-state index < -0.39 is 5.41 Å². The van der Waals surface area contributed by atoms with Crippen molar-refractivity contribution in [3.05, 3.63) is 29.8 Å². The fourth-order valence-electron chi connectivity index (χ4n) is 3.51. The summed E-state index contributed by atoms with van der Waals surface area (Å²) in [6.45, 7) is 6.63. The lowest BCUT2D eigenvalue weighted by molar-refractivity contribution is -0.128. The molecule has 1 aliphatic carbocycles.